The molecule has 0 aromatic heterocycles. The van der Waals surface area contributed by atoms with Crippen molar-refractivity contribution in [2.45, 2.75) is 39.2 Å². The van der Waals surface area contributed by atoms with E-state index in [2.05, 4.69) is 42.3 Å². The Morgan fingerprint density at radius 2 is 2.00 bits per heavy atom. The molecule has 1 unspecified atom stereocenters. The summed E-state index contributed by atoms with van der Waals surface area (Å²) in [5.74, 6) is 0. The van der Waals surface area contributed by atoms with Gasteiger partial charge in [0.05, 0.1) is 11.4 Å². The van der Waals surface area contributed by atoms with Gasteiger partial charge in [0.15, 0.2) is 0 Å². The summed E-state index contributed by atoms with van der Waals surface area (Å²) in [6, 6.07) is 6.74. The molecule has 1 heterocycles. The van der Waals surface area contributed by atoms with Gasteiger partial charge in [0.25, 0.3) is 0 Å². The monoisotopic (exact) mass is 247 g/mol. The van der Waals surface area contributed by atoms with E-state index in [0.29, 0.717) is 6.04 Å². The van der Waals surface area contributed by atoms with Gasteiger partial charge in [-0.3, -0.25) is 4.90 Å². The summed E-state index contributed by atoms with van der Waals surface area (Å²) >= 11 is 0. The molecule has 0 bridgehead atoms. The zero-order valence-electron chi connectivity index (χ0n) is 11.6. The highest BCUT2D eigenvalue weighted by Gasteiger charge is 2.16. The van der Waals surface area contributed by atoms with E-state index < -0.39 is 0 Å². The first-order chi connectivity index (χ1) is 8.68. The number of nitrogens with zero attached hydrogens (tertiary/aromatic N) is 1. The van der Waals surface area contributed by atoms with Gasteiger partial charge in [-0.05, 0) is 51.4 Å². The van der Waals surface area contributed by atoms with E-state index in [0.717, 1.165) is 23.5 Å². The Bertz CT molecular complexity index is 383. The molecule has 3 N–H and O–H groups in total. The van der Waals surface area contributed by atoms with Crippen LogP contribution in [0.5, 0.6) is 0 Å². The fraction of sp³-hybridized carbons (Fsp3) is 0.600. The van der Waals surface area contributed by atoms with Crippen molar-refractivity contribution >= 4 is 11.4 Å². The molecule has 18 heavy (non-hydrogen) atoms. The number of hydrogen-bond donors (Lipinski definition) is 2. The molecule has 0 amide bonds. The van der Waals surface area contributed by atoms with Crippen molar-refractivity contribution in [2.75, 3.05) is 30.7 Å². The summed E-state index contributed by atoms with van der Waals surface area (Å²) in [7, 11) is 0. The molecular formula is C15H25N3. The molecule has 1 saturated heterocycles. The predicted octanol–water partition coefficient (Wildman–Crippen LogP) is 2.86. The van der Waals surface area contributed by atoms with Crippen molar-refractivity contribution in [3.63, 3.8) is 0 Å². The molecule has 0 aliphatic carbocycles. The first-order valence-electron chi connectivity index (χ1n) is 7.01. The molecule has 1 aromatic rings. The maximum absolute atomic E-state index is 6.07. The smallest absolute Gasteiger partial charge is 0.0579 e. The number of anilines is 2. The molecule has 2 rings (SSSR count). The highest BCUT2D eigenvalue weighted by Crippen LogP contribution is 2.22. The van der Waals surface area contributed by atoms with Crippen molar-refractivity contribution in [3.8, 4) is 0 Å². The fourth-order valence-electron chi connectivity index (χ4n) is 2.58. The third-order valence-corrected chi connectivity index (χ3v) is 3.93. The van der Waals surface area contributed by atoms with Crippen LogP contribution in [-0.2, 0) is 0 Å². The summed E-state index contributed by atoms with van der Waals surface area (Å²) < 4.78 is 0. The number of piperidine rings is 1. The van der Waals surface area contributed by atoms with Crippen LogP contribution in [0.1, 0.15) is 31.7 Å². The number of aryl methyl sites for hydroxylation is 1. The third-order valence-electron chi connectivity index (χ3n) is 3.93. The Hall–Kier alpha value is -1.22. The van der Waals surface area contributed by atoms with E-state index in [9.17, 15) is 0 Å². The van der Waals surface area contributed by atoms with E-state index in [-0.39, 0.29) is 0 Å². The standard InChI is InChI=1S/C15H25N3/c1-12-7-6-8-14(15(12)16)17-11-13(2)18-9-4-3-5-10-18/h6-8,13,17H,3-5,9-11,16H2,1-2H3. The minimum Gasteiger partial charge on any atom is -0.397 e. The van der Waals surface area contributed by atoms with Crippen LogP contribution >= 0.6 is 0 Å². The number of benzene rings is 1. The topological polar surface area (TPSA) is 41.3 Å². The minimum atomic E-state index is 0.574. The van der Waals surface area contributed by atoms with E-state index in [1.165, 1.54) is 32.4 Å². The van der Waals surface area contributed by atoms with Crippen molar-refractivity contribution in [2.24, 2.45) is 0 Å². The molecule has 3 nitrogen and oxygen atoms in total. The van der Waals surface area contributed by atoms with Gasteiger partial charge in [-0.2, -0.15) is 0 Å². The molecule has 100 valence electrons. The second-order valence-electron chi connectivity index (χ2n) is 5.36. The number of nitrogens with one attached hydrogen (secondary N) is 1. The van der Waals surface area contributed by atoms with Crippen molar-refractivity contribution in [1.29, 1.82) is 0 Å². The number of hydrogen-bond acceptors (Lipinski definition) is 3. The first-order valence-corrected chi connectivity index (χ1v) is 7.01. The quantitative estimate of drug-likeness (QED) is 0.804. The lowest BCUT2D eigenvalue weighted by Crippen LogP contribution is -2.41. The van der Waals surface area contributed by atoms with E-state index in [1.807, 2.05) is 0 Å². The Morgan fingerprint density at radius 3 is 2.72 bits per heavy atom. The molecule has 0 radical (unpaired) electrons. The lowest BCUT2D eigenvalue weighted by atomic mass is 10.1. The lowest BCUT2D eigenvalue weighted by Gasteiger charge is -2.32. The van der Waals surface area contributed by atoms with Crippen LogP contribution in [-0.4, -0.2) is 30.6 Å². The van der Waals surface area contributed by atoms with Crippen LogP contribution in [0.15, 0.2) is 18.2 Å². The van der Waals surface area contributed by atoms with E-state index >= 15 is 0 Å². The number of nitrogen functional groups attached to an aromatic ring is 1. The normalized spacial score (nSPS) is 18.6. The second kappa shape index (κ2) is 6.10. The van der Waals surface area contributed by atoms with Gasteiger partial charge in [0.1, 0.15) is 0 Å². The predicted molar refractivity (Wildman–Crippen MR) is 79.0 cm³/mol. The van der Waals surface area contributed by atoms with Gasteiger partial charge < -0.3 is 11.1 Å². The lowest BCUT2D eigenvalue weighted by molar-refractivity contribution is 0.180. The molecular weight excluding hydrogens is 222 g/mol. The van der Waals surface area contributed by atoms with Crippen molar-refractivity contribution in [3.05, 3.63) is 23.8 Å². The van der Waals surface area contributed by atoms with Crippen LogP contribution < -0.4 is 11.1 Å². The Morgan fingerprint density at radius 1 is 1.28 bits per heavy atom. The molecule has 1 aliphatic heterocycles. The summed E-state index contributed by atoms with van der Waals surface area (Å²) in [5, 5.41) is 3.48. The van der Waals surface area contributed by atoms with Gasteiger partial charge in [-0.1, -0.05) is 18.6 Å². The van der Waals surface area contributed by atoms with Crippen LogP contribution in [0.25, 0.3) is 0 Å². The number of rotatable bonds is 4. The molecule has 1 aliphatic rings. The van der Waals surface area contributed by atoms with Gasteiger partial charge in [-0.15, -0.1) is 0 Å². The summed E-state index contributed by atoms with van der Waals surface area (Å²) in [6.45, 7) is 7.80. The highest BCUT2D eigenvalue weighted by atomic mass is 15.2. The van der Waals surface area contributed by atoms with Crippen LogP contribution in [0.4, 0.5) is 11.4 Å². The molecule has 1 atom stereocenters. The van der Waals surface area contributed by atoms with Crippen molar-refractivity contribution < 1.29 is 0 Å². The van der Waals surface area contributed by atoms with Gasteiger partial charge in [0, 0.05) is 12.6 Å². The molecule has 0 saturated carbocycles. The molecule has 1 aromatic carbocycles. The fourth-order valence-corrected chi connectivity index (χ4v) is 2.58. The number of nitrogens with two attached hydrogens (primary N) is 1. The van der Waals surface area contributed by atoms with Gasteiger partial charge >= 0.3 is 0 Å². The van der Waals surface area contributed by atoms with Crippen LogP contribution in [0.3, 0.4) is 0 Å². The number of likely N-dealkylation sites (tertiary alicyclic amines) is 1. The third kappa shape index (κ3) is 3.16. The average molecular weight is 247 g/mol. The second-order valence-corrected chi connectivity index (χ2v) is 5.36. The maximum atomic E-state index is 6.07. The molecule has 3 heteroatoms. The van der Waals surface area contributed by atoms with Crippen LogP contribution in [0, 0.1) is 6.92 Å². The summed E-state index contributed by atoms with van der Waals surface area (Å²) in [4.78, 5) is 2.57. The Labute approximate surface area is 110 Å². The molecule has 0 spiro atoms. The van der Waals surface area contributed by atoms with E-state index in [1.54, 1.807) is 0 Å². The number of para-hydroxylation sites is 1. The largest absolute Gasteiger partial charge is 0.397 e. The Balaban J connectivity index is 1.88. The van der Waals surface area contributed by atoms with E-state index in [4.69, 9.17) is 5.73 Å². The highest BCUT2D eigenvalue weighted by molar-refractivity contribution is 5.69. The van der Waals surface area contributed by atoms with Gasteiger partial charge in [0.2, 0.25) is 0 Å². The summed E-state index contributed by atoms with van der Waals surface area (Å²) in [6.07, 6.45) is 4.08. The van der Waals surface area contributed by atoms with Crippen molar-refractivity contribution in [1.82, 2.24) is 4.90 Å². The minimum absolute atomic E-state index is 0.574. The van der Waals surface area contributed by atoms with Gasteiger partial charge in [-0.25, -0.2) is 0 Å². The SMILES string of the molecule is Cc1cccc(NCC(C)N2CCCCC2)c1N. The first kappa shape index (κ1) is 13.2. The average Bonchev–Trinajstić information content (AvgIpc) is 2.41. The maximum Gasteiger partial charge on any atom is 0.0579 e. The zero-order valence-corrected chi connectivity index (χ0v) is 11.6. The molecule has 1 fully saturated rings. The summed E-state index contributed by atoms with van der Waals surface area (Å²) in [5.41, 5.74) is 9.16. The van der Waals surface area contributed by atoms with Crippen LogP contribution in [0.2, 0.25) is 0 Å². The Kier molecular flexibility index (Phi) is 4.48. The zero-order chi connectivity index (χ0) is 13.0.